The minimum absolute atomic E-state index is 0. The number of carbonyl (C=O) groups is 1. The second-order valence-corrected chi connectivity index (χ2v) is 8.00. The zero-order valence-corrected chi connectivity index (χ0v) is 18.1. The monoisotopic (exact) mass is 416 g/mol. The molecule has 1 atom stereocenters. The summed E-state index contributed by atoms with van der Waals surface area (Å²) in [7, 11) is 0. The molecule has 1 unspecified atom stereocenters. The Morgan fingerprint density at radius 2 is 1.83 bits per heavy atom. The summed E-state index contributed by atoms with van der Waals surface area (Å²) in [5, 5.41) is 4.42. The van der Waals surface area contributed by atoms with Gasteiger partial charge >= 0.3 is 5.97 Å². The highest BCUT2D eigenvalue weighted by molar-refractivity contribution is 5.89. The molecule has 2 aromatic carbocycles. The Morgan fingerprint density at radius 1 is 1.10 bits per heavy atom. The van der Waals surface area contributed by atoms with E-state index in [1.807, 2.05) is 43.3 Å². The van der Waals surface area contributed by atoms with Crippen molar-refractivity contribution >= 4 is 29.3 Å². The minimum atomic E-state index is -0.415. The lowest BCUT2D eigenvalue weighted by atomic mass is 10.1. The molecule has 0 aliphatic heterocycles. The number of hydrogen-bond donors (Lipinski definition) is 2. The van der Waals surface area contributed by atoms with Gasteiger partial charge in [0.25, 0.3) is 0 Å². The molecule has 1 aromatic heterocycles. The number of halogens is 1. The van der Waals surface area contributed by atoms with Gasteiger partial charge in [-0.3, -0.25) is 0 Å². The van der Waals surface area contributed by atoms with Crippen LogP contribution in [-0.4, -0.2) is 35.7 Å². The van der Waals surface area contributed by atoms with Gasteiger partial charge in [-0.15, -0.1) is 12.4 Å². The molecule has 5 nitrogen and oxygen atoms in total. The maximum absolute atomic E-state index is 12.5. The van der Waals surface area contributed by atoms with E-state index in [0.29, 0.717) is 12.1 Å². The lowest BCUT2D eigenvalue weighted by Gasteiger charge is -2.25. The fourth-order valence-corrected chi connectivity index (χ4v) is 2.92. The third kappa shape index (κ3) is 6.51. The molecule has 2 N–H and O–H groups in total. The highest BCUT2D eigenvalue weighted by Crippen LogP contribution is 2.26. The van der Waals surface area contributed by atoms with Crippen LogP contribution in [0.15, 0.2) is 54.6 Å². The maximum Gasteiger partial charge on any atom is 0.338 e. The van der Waals surface area contributed by atoms with Gasteiger partial charge in [-0.1, -0.05) is 24.3 Å². The van der Waals surface area contributed by atoms with E-state index >= 15 is 0 Å². The maximum atomic E-state index is 12.5. The standard InChI is InChI=1S/C23H28N2O3.ClH/c1-16-13-19-20(25-16)11-8-12-21(19)27-15-18(14-24-23(2,3)4)28-22(26)17-9-6-5-7-10-17;/h5-13,18,24-25H,14-15H2,1-4H3;1H. The number of carbonyl (C=O) groups excluding carboxylic acids is 1. The molecule has 156 valence electrons. The molecular weight excluding hydrogens is 388 g/mol. The van der Waals surface area contributed by atoms with Crippen molar-refractivity contribution in [1.82, 2.24) is 10.3 Å². The van der Waals surface area contributed by atoms with E-state index in [9.17, 15) is 4.79 Å². The van der Waals surface area contributed by atoms with Crippen molar-refractivity contribution in [3.8, 4) is 5.75 Å². The van der Waals surface area contributed by atoms with Crippen LogP contribution in [-0.2, 0) is 4.74 Å². The second kappa shape index (κ2) is 9.81. The van der Waals surface area contributed by atoms with Crippen LogP contribution in [0.3, 0.4) is 0 Å². The Balaban J connectivity index is 0.00000300. The fraction of sp³-hybridized carbons (Fsp3) is 0.348. The molecule has 0 spiro atoms. The molecular formula is C23H29ClN2O3. The first-order chi connectivity index (χ1) is 13.3. The summed E-state index contributed by atoms with van der Waals surface area (Å²) in [5.74, 6) is 0.430. The van der Waals surface area contributed by atoms with E-state index in [4.69, 9.17) is 9.47 Å². The number of aryl methyl sites for hydroxylation is 1. The first-order valence-electron chi connectivity index (χ1n) is 9.54. The highest BCUT2D eigenvalue weighted by Gasteiger charge is 2.20. The molecule has 0 bridgehead atoms. The Morgan fingerprint density at radius 3 is 2.52 bits per heavy atom. The van der Waals surface area contributed by atoms with Crippen LogP contribution in [0.4, 0.5) is 0 Å². The largest absolute Gasteiger partial charge is 0.489 e. The Hall–Kier alpha value is -2.50. The minimum Gasteiger partial charge on any atom is -0.489 e. The Bertz CT molecular complexity index is 932. The van der Waals surface area contributed by atoms with Crippen LogP contribution in [0, 0.1) is 6.92 Å². The van der Waals surface area contributed by atoms with E-state index < -0.39 is 6.10 Å². The molecule has 0 saturated carbocycles. The summed E-state index contributed by atoms with van der Waals surface area (Å²) in [6.45, 7) is 9.02. The number of fused-ring (bicyclic) bond motifs is 1. The van der Waals surface area contributed by atoms with Gasteiger partial charge in [0.05, 0.1) is 5.56 Å². The number of rotatable bonds is 7. The highest BCUT2D eigenvalue weighted by atomic mass is 35.5. The van der Waals surface area contributed by atoms with Crippen molar-refractivity contribution in [3.63, 3.8) is 0 Å². The first kappa shape index (κ1) is 22.8. The summed E-state index contributed by atoms with van der Waals surface area (Å²) in [6.07, 6.45) is -0.415. The number of aromatic nitrogens is 1. The van der Waals surface area contributed by atoms with Crippen molar-refractivity contribution in [2.45, 2.75) is 39.3 Å². The molecule has 0 aliphatic carbocycles. The summed E-state index contributed by atoms with van der Waals surface area (Å²) in [6, 6.07) is 17.0. The first-order valence-corrected chi connectivity index (χ1v) is 9.54. The summed E-state index contributed by atoms with van der Waals surface area (Å²) < 4.78 is 11.8. The zero-order chi connectivity index (χ0) is 20.1. The van der Waals surface area contributed by atoms with Gasteiger partial charge in [0.2, 0.25) is 0 Å². The number of nitrogens with one attached hydrogen (secondary N) is 2. The van der Waals surface area contributed by atoms with Gasteiger partial charge in [-0.2, -0.15) is 0 Å². The van der Waals surface area contributed by atoms with E-state index in [1.54, 1.807) is 12.1 Å². The van der Waals surface area contributed by atoms with Gasteiger partial charge in [0.1, 0.15) is 18.5 Å². The van der Waals surface area contributed by atoms with Crippen molar-refractivity contribution in [3.05, 3.63) is 65.9 Å². The van der Waals surface area contributed by atoms with Crippen molar-refractivity contribution in [2.24, 2.45) is 0 Å². The molecule has 0 radical (unpaired) electrons. The topological polar surface area (TPSA) is 63.4 Å². The number of esters is 1. The van der Waals surface area contributed by atoms with Crippen LogP contribution >= 0.6 is 12.4 Å². The summed E-state index contributed by atoms with van der Waals surface area (Å²) in [5.41, 5.74) is 2.55. The lowest BCUT2D eigenvalue weighted by molar-refractivity contribution is 0.0163. The predicted octanol–water partition coefficient (Wildman–Crippen LogP) is 4.89. The van der Waals surface area contributed by atoms with E-state index in [1.165, 1.54) is 0 Å². The van der Waals surface area contributed by atoms with Gasteiger partial charge in [0.15, 0.2) is 0 Å². The molecule has 3 aromatic rings. The van der Waals surface area contributed by atoms with Crippen molar-refractivity contribution in [1.29, 1.82) is 0 Å². The third-order valence-electron chi connectivity index (χ3n) is 4.33. The molecule has 3 rings (SSSR count). The van der Waals surface area contributed by atoms with Gasteiger partial charge < -0.3 is 19.8 Å². The lowest BCUT2D eigenvalue weighted by Crippen LogP contribution is -2.44. The SMILES string of the molecule is Cc1cc2c(OCC(CNC(C)(C)C)OC(=O)c3ccccc3)cccc2[nH]1.Cl. The molecule has 6 heteroatoms. The molecule has 29 heavy (non-hydrogen) atoms. The van der Waals surface area contributed by atoms with Crippen LogP contribution < -0.4 is 10.1 Å². The van der Waals surface area contributed by atoms with Gasteiger partial charge in [-0.05, 0) is 58.0 Å². The number of ether oxygens (including phenoxy) is 2. The number of benzene rings is 2. The molecule has 0 saturated heterocycles. The molecule has 0 amide bonds. The molecule has 1 heterocycles. The number of H-pyrrole nitrogens is 1. The van der Waals surface area contributed by atoms with Crippen LogP contribution in [0.1, 0.15) is 36.8 Å². The van der Waals surface area contributed by atoms with Crippen LogP contribution in [0.5, 0.6) is 5.75 Å². The third-order valence-corrected chi connectivity index (χ3v) is 4.33. The fourth-order valence-electron chi connectivity index (χ4n) is 2.92. The predicted molar refractivity (Wildman–Crippen MR) is 119 cm³/mol. The Labute approximate surface area is 178 Å². The second-order valence-electron chi connectivity index (χ2n) is 8.00. The molecule has 0 aliphatic rings. The van der Waals surface area contributed by atoms with Crippen LogP contribution in [0.2, 0.25) is 0 Å². The summed E-state index contributed by atoms with van der Waals surface area (Å²) >= 11 is 0. The van der Waals surface area contributed by atoms with Gasteiger partial charge in [0, 0.05) is 28.7 Å². The average Bonchev–Trinajstić information content (AvgIpc) is 3.04. The quantitative estimate of drug-likeness (QED) is 0.538. The van der Waals surface area contributed by atoms with Gasteiger partial charge in [-0.25, -0.2) is 4.79 Å². The molecule has 0 fully saturated rings. The number of hydrogen-bond acceptors (Lipinski definition) is 4. The normalized spacial score (nSPS) is 12.3. The zero-order valence-electron chi connectivity index (χ0n) is 17.3. The van der Waals surface area contributed by atoms with Crippen molar-refractivity contribution < 1.29 is 14.3 Å². The smallest absolute Gasteiger partial charge is 0.338 e. The van der Waals surface area contributed by atoms with E-state index in [0.717, 1.165) is 22.3 Å². The van der Waals surface area contributed by atoms with Crippen molar-refractivity contribution in [2.75, 3.05) is 13.2 Å². The summed E-state index contributed by atoms with van der Waals surface area (Å²) in [4.78, 5) is 15.8. The van der Waals surface area contributed by atoms with E-state index in [2.05, 4.69) is 37.1 Å². The number of aromatic amines is 1. The average molecular weight is 417 g/mol. The van der Waals surface area contributed by atoms with E-state index in [-0.39, 0.29) is 30.5 Å². The van der Waals surface area contributed by atoms with Crippen LogP contribution in [0.25, 0.3) is 10.9 Å². The Kier molecular flexibility index (Phi) is 7.71.